The number of hydrogen-bond acceptors (Lipinski definition) is 3. The maximum atomic E-state index is 13.8. The molecule has 102 valence electrons. The Morgan fingerprint density at radius 2 is 2.22 bits per heavy atom. The second-order valence-corrected chi connectivity index (χ2v) is 5.79. The Hall–Kier alpha value is -0.580. The lowest BCUT2D eigenvalue weighted by atomic mass is 10.2. The van der Waals surface area contributed by atoms with Gasteiger partial charge in [0.25, 0.3) is 0 Å². The second kappa shape index (κ2) is 8.51. The van der Waals surface area contributed by atoms with Crippen LogP contribution in [-0.2, 0) is 6.54 Å². The second-order valence-electron chi connectivity index (χ2n) is 4.35. The van der Waals surface area contributed by atoms with Crippen LogP contribution >= 0.6 is 11.8 Å². The molecule has 2 N–H and O–H groups in total. The molecule has 0 saturated heterocycles. The summed E-state index contributed by atoms with van der Waals surface area (Å²) in [5.74, 6) is -0.166. The number of rotatable bonds is 8. The monoisotopic (exact) mass is 271 g/mol. The maximum absolute atomic E-state index is 13.8. The quantitative estimate of drug-likeness (QED) is 0.562. The lowest BCUT2D eigenvalue weighted by Gasteiger charge is -2.14. The minimum Gasteiger partial charge on any atom is -0.396 e. The summed E-state index contributed by atoms with van der Waals surface area (Å²) in [4.78, 5) is 0.710. The molecule has 1 unspecified atom stereocenters. The van der Waals surface area contributed by atoms with E-state index in [0.717, 1.165) is 18.5 Å². The fraction of sp³-hybridized carbons (Fsp3) is 0.571. The largest absolute Gasteiger partial charge is 0.396 e. The van der Waals surface area contributed by atoms with E-state index in [1.54, 1.807) is 6.07 Å². The molecule has 1 atom stereocenters. The molecule has 0 aromatic heterocycles. The van der Waals surface area contributed by atoms with Crippen LogP contribution in [0.25, 0.3) is 0 Å². The summed E-state index contributed by atoms with van der Waals surface area (Å²) in [5, 5.41) is 12.4. The molecule has 4 heteroatoms. The molecular weight excluding hydrogens is 249 g/mol. The summed E-state index contributed by atoms with van der Waals surface area (Å²) in [6, 6.07) is 5.20. The lowest BCUT2D eigenvalue weighted by Crippen LogP contribution is -2.15. The van der Waals surface area contributed by atoms with Crippen LogP contribution < -0.4 is 5.32 Å². The highest BCUT2D eigenvalue weighted by atomic mass is 32.2. The van der Waals surface area contributed by atoms with E-state index in [4.69, 9.17) is 5.11 Å². The van der Waals surface area contributed by atoms with Gasteiger partial charge in [-0.05, 0) is 31.0 Å². The molecule has 0 spiro atoms. The average molecular weight is 271 g/mol. The molecule has 2 nitrogen and oxygen atoms in total. The third kappa shape index (κ3) is 4.96. The molecule has 0 bridgehead atoms. The first-order valence-electron chi connectivity index (χ1n) is 6.44. The van der Waals surface area contributed by atoms with Gasteiger partial charge in [-0.3, -0.25) is 0 Å². The summed E-state index contributed by atoms with van der Waals surface area (Å²) in [6.07, 6.45) is 1.75. The molecule has 0 aliphatic rings. The molecule has 0 aliphatic heterocycles. The molecule has 18 heavy (non-hydrogen) atoms. The Morgan fingerprint density at radius 1 is 1.44 bits per heavy atom. The van der Waals surface area contributed by atoms with Crippen LogP contribution in [0.5, 0.6) is 0 Å². The maximum Gasteiger partial charge on any atom is 0.137 e. The Kier molecular flexibility index (Phi) is 7.32. The van der Waals surface area contributed by atoms with E-state index >= 15 is 0 Å². The number of halogens is 1. The first-order valence-corrected chi connectivity index (χ1v) is 7.32. The van der Waals surface area contributed by atoms with Crippen molar-refractivity contribution in [1.29, 1.82) is 0 Å². The number of aliphatic hydroxyl groups is 1. The van der Waals surface area contributed by atoms with Gasteiger partial charge in [-0.2, -0.15) is 0 Å². The minimum absolute atomic E-state index is 0.145. The Balaban J connectivity index is 2.73. The van der Waals surface area contributed by atoms with Gasteiger partial charge in [0, 0.05) is 23.3 Å². The van der Waals surface area contributed by atoms with Crippen molar-refractivity contribution in [2.45, 2.75) is 43.4 Å². The van der Waals surface area contributed by atoms with Crippen molar-refractivity contribution in [3.63, 3.8) is 0 Å². The standard InChI is InChI=1S/C14H22FNOS/c1-3-8-16-10-12-5-4-6-13(15)14(12)18-11(2)7-9-17/h4-6,11,16-17H,3,7-10H2,1-2H3. The van der Waals surface area contributed by atoms with Crippen LogP contribution in [0.2, 0.25) is 0 Å². The summed E-state index contributed by atoms with van der Waals surface area (Å²) >= 11 is 1.50. The predicted octanol–water partition coefficient (Wildman–Crippen LogP) is 3.19. The van der Waals surface area contributed by atoms with E-state index < -0.39 is 0 Å². The molecule has 0 amide bonds. The number of hydrogen-bond donors (Lipinski definition) is 2. The molecule has 0 aliphatic carbocycles. The number of benzene rings is 1. The summed E-state index contributed by atoms with van der Waals surface area (Å²) in [5.41, 5.74) is 0.998. The van der Waals surface area contributed by atoms with Crippen LogP contribution in [0.15, 0.2) is 23.1 Å². The van der Waals surface area contributed by atoms with Crippen molar-refractivity contribution < 1.29 is 9.50 Å². The van der Waals surface area contributed by atoms with E-state index in [0.29, 0.717) is 17.9 Å². The van der Waals surface area contributed by atoms with E-state index in [1.807, 2.05) is 13.0 Å². The van der Waals surface area contributed by atoms with Crippen LogP contribution in [0.3, 0.4) is 0 Å². The van der Waals surface area contributed by atoms with Crippen LogP contribution in [0.1, 0.15) is 32.3 Å². The first-order chi connectivity index (χ1) is 8.69. The van der Waals surface area contributed by atoms with Crippen molar-refractivity contribution in [3.05, 3.63) is 29.6 Å². The summed E-state index contributed by atoms with van der Waals surface area (Å²) in [6.45, 7) is 5.90. The molecule has 0 saturated carbocycles. The number of thioether (sulfide) groups is 1. The summed E-state index contributed by atoms with van der Waals surface area (Å²) in [7, 11) is 0. The fourth-order valence-electron chi connectivity index (χ4n) is 1.67. The minimum atomic E-state index is -0.166. The van der Waals surface area contributed by atoms with Crippen LogP contribution in [0, 0.1) is 5.82 Å². The van der Waals surface area contributed by atoms with Crippen LogP contribution in [0.4, 0.5) is 4.39 Å². The Morgan fingerprint density at radius 3 is 2.89 bits per heavy atom. The molecule has 0 radical (unpaired) electrons. The van der Waals surface area contributed by atoms with Crippen molar-refractivity contribution in [2.75, 3.05) is 13.2 Å². The molecule has 0 fully saturated rings. The van der Waals surface area contributed by atoms with Gasteiger partial charge in [-0.15, -0.1) is 11.8 Å². The third-order valence-electron chi connectivity index (χ3n) is 2.65. The Labute approximate surface area is 113 Å². The number of aliphatic hydroxyl groups excluding tert-OH is 1. The fourth-order valence-corrected chi connectivity index (χ4v) is 2.76. The van der Waals surface area contributed by atoms with Crippen molar-refractivity contribution >= 4 is 11.8 Å². The highest BCUT2D eigenvalue weighted by Crippen LogP contribution is 2.30. The zero-order valence-electron chi connectivity index (χ0n) is 11.1. The molecule has 0 heterocycles. The smallest absolute Gasteiger partial charge is 0.137 e. The zero-order chi connectivity index (χ0) is 13.4. The SMILES string of the molecule is CCCNCc1cccc(F)c1SC(C)CCO. The topological polar surface area (TPSA) is 32.3 Å². The molecule has 1 aromatic carbocycles. The molecule has 1 rings (SSSR count). The van der Waals surface area contributed by atoms with E-state index in [-0.39, 0.29) is 17.7 Å². The predicted molar refractivity (Wildman–Crippen MR) is 75.4 cm³/mol. The van der Waals surface area contributed by atoms with Gasteiger partial charge in [0.1, 0.15) is 5.82 Å². The van der Waals surface area contributed by atoms with Crippen molar-refractivity contribution in [3.8, 4) is 0 Å². The van der Waals surface area contributed by atoms with Gasteiger partial charge >= 0.3 is 0 Å². The van der Waals surface area contributed by atoms with Gasteiger partial charge in [-0.1, -0.05) is 26.0 Å². The van der Waals surface area contributed by atoms with Gasteiger partial charge in [0.15, 0.2) is 0 Å². The van der Waals surface area contributed by atoms with Gasteiger partial charge < -0.3 is 10.4 Å². The Bertz CT molecular complexity index is 360. The molecular formula is C14H22FNOS. The van der Waals surface area contributed by atoms with E-state index in [1.165, 1.54) is 17.8 Å². The van der Waals surface area contributed by atoms with Crippen molar-refractivity contribution in [1.82, 2.24) is 5.32 Å². The average Bonchev–Trinajstić information content (AvgIpc) is 2.34. The zero-order valence-corrected chi connectivity index (χ0v) is 11.9. The molecule has 1 aromatic rings. The third-order valence-corrected chi connectivity index (χ3v) is 3.98. The highest BCUT2D eigenvalue weighted by molar-refractivity contribution is 8.00. The van der Waals surface area contributed by atoms with Gasteiger partial charge in [0.2, 0.25) is 0 Å². The normalized spacial score (nSPS) is 12.7. The van der Waals surface area contributed by atoms with Crippen LogP contribution in [-0.4, -0.2) is 23.5 Å². The van der Waals surface area contributed by atoms with Gasteiger partial charge in [0.05, 0.1) is 0 Å². The highest BCUT2D eigenvalue weighted by Gasteiger charge is 2.12. The van der Waals surface area contributed by atoms with E-state index in [2.05, 4.69) is 12.2 Å². The first kappa shape index (κ1) is 15.5. The van der Waals surface area contributed by atoms with E-state index in [9.17, 15) is 4.39 Å². The number of nitrogens with one attached hydrogen (secondary N) is 1. The lowest BCUT2D eigenvalue weighted by molar-refractivity contribution is 0.289. The van der Waals surface area contributed by atoms with Crippen molar-refractivity contribution in [2.24, 2.45) is 0 Å². The summed E-state index contributed by atoms with van der Waals surface area (Å²) < 4.78 is 13.8. The van der Waals surface area contributed by atoms with Gasteiger partial charge in [-0.25, -0.2) is 4.39 Å².